The molecule has 1 aliphatic rings. The molecule has 1 fully saturated rings. The van der Waals surface area contributed by atoms with Crippen LogP contribution in [0, 0.1) is 5.92 Å². The smallest absolute Gasteiger partial charge is 0.255 e. The van der Waals surface area contributed by atoms with E-state index >= 15 is 0 Å². The summed E-state index contributed by atoms with van der Waals surface area (Å²) >= 11 is 0. The van der Waals surface area contributed by atoms with Crippen LogP contribution in [0.15, 0.2) is 47.1 Å². The Labute approximate surface area is 135 Å². The van der Waals surface area contributed by atoms with E-state index in [1.165, 1.54) is 0 Å². The molecule has 0 radical (unpaired) electrons. The van der Waals surface area contributed by atoms with Crippen LogP contribution in [0.5, 0.6) is 0 Å². The van der Waals surface area contributed by atoms with Crippen molar-refractivity contribution in [2.45, 2.75) is 26.0 Å². The molecule has 2 heterocycles. The van der Waals surface area contributed by atoms with Crippen LogP contribution < -0.4 is 5.32 Å². The minimum absolute atomic E-state index is 0.00990. The molecule has 2 aromatic rings. The SMILES string of the molecule is CC(O)C1CCN(C(=O)c2ccccc2NCc2ccco2)C1. The minimum Gasteiger partial charge on any atom is -0.467 e. The lowest BCUT2D eigenvalue weighted by molar-refractivity contribution is 0.0763. The van der Waals surface area contributed by atoms with Gasteiger partial charge in [-0.25, -0.2) is 0 Å². The first-order valence-electron chi connectivity index (χ1n) is 7.98. The summed E-state index contributed by atoms with van der Waals surface area (Å²) in [5, 5.41) is 13.0. The van der Waals surface area contributed by atoms with Gasteiger partial charge in [-0.3, -0.25) is 4.79 Å². The number of nitrogens with one attached hydrogen (secondary N) is 1. The van der Waals surface area contributed by atoms with E-state index < -0.39 is 0 Å². The van der Waals surface area contributed by atoms with Gasteiger partial charge in [-0.1, -0.05) is 12.1 Å². The number of amides is 1. The van der Waals surface area contributed by atoms with Gasteiger partial charge in [0.25, 0.3) is 5.91 Å². The van der Waals surface area contributed by atoms with E-state index in [0.717, 1.165) is 17.9 Å². The van der Waals surface area contributed by atoms with Gasteiger partial charge < -0.3 is 19.7 Å². The van der Waals surface area contributed by atoms with Crippen molar-refractivity contribution in [3.05, 3.63) is 54.0 Å². The largest absolute Gasteiger partial charge is 0.467 e. The zero-order valence-electron chi connectivity index (χ0n) is 13.2. The lowest BCUT2D eigenvalue weighted by Crippen LogP contribution is -2.31. The highest BCUT2D eigenvalue weighted by Gasteiger charge is 2.30. The second-order valence-electron chi connectivity index (χ2n) is 6.02. The number of anilines is 1. The summed E-state index contributed by atoms with van der Waals surface area (Å²) in [6.07, 6.45) is 2.11. The van der Waals surface area contributed by atoms with Crippen LogP contribution >= 0.6 is 0 Å². The zero-order chi connectivity index (χ0) is 16.2. The molecule has 1 amide bonds. The van der Waals surface area contributed by atoms with Crippen molar-refractivity contribution in [3.8, 4) is 0 Å². The van der Waals surface area contributed by atoms with Crippen LogP contribution in [0.2, 0.25) is 0 Å². The molecule has 122 valence electrons. The molecule has 1 saturated heterocycles. The van der Waals surface area contributed by atoms with Crippen molar-refractivity contribution < 1.29 is 14.3 Å². The highest BCUT2D eigenvalue weighted by Crippen LogP contribution is 2.24. The van der Waals surface area contributed by atoms with E-state index in [-0.39, 0.29) is 17.9 Å². The molecule has 2 N–H and O–H groups in total. The molecule has 2 atom stereocenters. The summed E-state index contributed by atoms with van der Waals surface area (Å²) in [7, 11) is 0. The quantitative estimate of drug-likeness (QED) is 0.890. The van der Waals surface area contributed by atoms with Crippen LogP contribution in [0.4, 0.5) is 5.69 Å². The normalized spacial score (nSPS) is 18.9. The van der Waals surface area contributed by atoms with Gasteiger partial charge in [-0.2, -0.15) is 0 Å². The molecule has 2 unspecified atom stereocenters. The Morgan fingerprint density at radius 3 is 2.91 bits per heavy atom. The predicted octanol–water partition coefficient (Wildman–Crippen LogP) is 2.73. The fourth-order valence-electron chi connectivity index (χ4n) is 2.96. The molecule has 1 aromatic heterocycles. The number of furan rings is 1. The Kier molecular flexibility index (Phi) is 4.67. The molecule has 1 aliphatic heterocycles. The third-order valence-electron chi connectivity index (χ3n) is 4.38. The highest BCUT2D eigenvalue weighted by molar-refractivity contribution is 5.99. The summed E-state index contributed by atoms with van der Waals surface area (Å²) in [5.41, 5.74) is 1.46. The molecule has 23 heavy (non-hydrogen) atoms. The Bertz CT molecular complexity index is 652. The van der Waals surface area contributed by atoms with E-state index in [2.05, 4.69) is 5.32 Å². The average molecular weight is 314 g/mol. The van der Waals surface area contributed by atoms with Gasteiger partial charge in [0.2, 0.25) is 0 Å². The van der Waals surface area contributed by atoms with E-state index in [4.69, 9.17) is 4.42 Å². The average Bonchev–Trinajstić information content (AvgIpc) is 3.24. The topological polar surface area (TPSA) is 65.7 Å². The Balaban J connectivity index is 1.71. The number of hydrogen-bond acceptors (Lipinski definition) is 4. The molecular weight excluding hydrogens is 292 g/mol. The second kappa shape index (κ2) is 6.87. The zero-order valence-corrected chi connectivity index (χ0v) is 13.2. The van der Waals surface area contributed by atoms with Crippen molar-refractivity contribution >= 4 is 11.6 Å². The summed E-state index contributed by atoms with van der Waals surface area (Å²) in [4.78, 5) is 14.6. The maximum Gasteiger partial charge on any atom is 0.255 e. The number of para-hydroxylation sites is 1. The first kappa shape index (κ1) is 15.6. The third-order valence-corrected chi connectivity index (χ3v) is 4.38. The molecule has 5 heteroatoms. The number of hydrogen-bond donors (Lipinski definition) is 2. The number of nitrogens with zero attached hydrogens (tertiary/aromatic N) is 1. The first-order chi connectivity index (χ1) is 11.1. The van der Waals surface area contributed by atoms with Crippen LogP contribution in [-0.4, -0.2) is 35.1 Å². The predicted molar refractivity (Wildman–Crippen MR) is 88.2 cm³/mol. The number of rotatable bonds is 5. The van der Waals surface area contributed by atoms with Crippen LogP contribution in [0.3, 0.4) is 0 Å². The molecule has 0 spiro atoms. The van der Waals surface area contributed by atoms with Gasteiger partial charge in [-0.05, 0) is 37.6 Å². The van der Waals surface area contributed by atoms with Crippen LogP contribution in [0.25, 0.3) is 0 Å². The fraction of sp³-hybridized carbons (Fsp3) is 0.389. The van der Waals surface area contributed by atoms with Crippen molar-refractivity contribution in [2.24, 2.45) is 5.92 Å². The minimum atomic E-state index is -0.375. The highest BCUT2D eigenvalue weighted by atomic mass is 16.3. The van der Waals surface area contributed by atoms with Gasteiger partial charge in [0.1, 0.15) is 5.76 Å². The van der Waals surface area contributed by atoms with Gasteiger partial charge in [0.05, 0.1) is 24.5 Å². The number of carbonyl (C=O) groups is 1. The lowest BCUT2D eigenvalue weighted by Gasteiger charge is -2.19. The van der Waals surface area contributed by atoms with Crippen molar-refractivity contribution in [1.29, 1.82) is 0 Å². The van der Waals surface area contributed by atoms with Gasteiger partial charge >= 0.3 is 0 Å². The second-order valence-corrected chi connectivity index (χ2v) is 6.02. The van der Waals surface area contributed by atoms with Crippen molar-refractivity contribution in [2.75, 3.05) is 18.4 Å². The maximum absolute atomic E-state index is 12.8. The Morgan fingerprint density at radius 2 is 2.22 bits per heavy atom. The van der Waals surface area contributed by atoms with Gasteiger partial charge in [-0.15, -0.1) is 0 Å². The van der Waals surface area contributed by atoms with Gasteiger partial charge in [0, 0.05) is 24.7 Å². The first-order valence-corrected chi connectivity index (χ1v) is 7.98. The molecule has 0 bridgehead atoms. The summed E-state index contributed by atoms with van der Waals surface area (Å²) in [6, 6.07) is 11.2. The van der Waals surface area contributed by atoms with E-state index in [1.807, 2.05) is 41.3 Å². The maximum atomic E-state index is 12.8. The van der Waals surface area contributed by atoms with Crippen LogP contribution in [0.1, 0.15) is 29.5 Å². The summed E-state index contributed by atoms with van der Waals surface area (Å²) in [6.45, 7) is 3.63. The van der Waals surface area contributed by atoms with E-state index in [9.17, 15) is 9.90 Å². The molecule has 0 saturated carbocycles. The summed E-state index contributed by atoms with van der Waals surface area (Å²) < 4.78 is 5.31. The van der Waals surface area contributed by atoms with Gasteiger partial charge in [0.15, 0.2) is 0 Å². The lowest BCUT2D eigenvalue weighted by atomic mass is 10.0. The third kappa shape index (κ3) is 3.56. The number of benzene rings is 1. The van der Waals surface area contributed by atoms with Crippen molar-refractivity contribution in [1.82, 2.24) is 4.90 Å². The number of likely N-dealkylation sites (tertiary alicyclic amines) is 1. The monoisotopic (exact) mass is 314 g/mol. The van der Waals surface area contributed by atoms with E-state index in [0.29, 0.717) is 25.2 Å². The number of carbonyl (C=O) groups excluding carboxylic acids is 1. The number of aliphatic hydroxyl groups excluding tert-OH is 1. The summed E-state index contributed by atoms with van der Waals surface area (Å²) in [5.74, 6) is 1.00. The Morgan fingerprint density at radius 1 is 1.39 bits per heavy atom. The Hall–Kier alpha value is -2.27. The molecule has 3 rings (SSSR count). The standard InChI is InChI=1S/C18H22N2O3/c1-13(21)14-8-9-20(12-14)18(22)16-6-2-3-7-17(16)19-11-15-5-4-10-23-15/h2-7,10,13-14,19,21H,8-9,11-12H2,1H3. The van der Waals surface area contributed by atoms with Crippen LogP contribution in [-0.2, 0) is 6.54 Å². The van der Waals surface area contributed by atoms with Crippen molar-refractivity contribution in [3.63, 3.8) is 0 Å². The molecule has 0 aliphatic carbocycles. The molecule has 1 aromatic carbocycles. The fourth-order valence-corrected chi connectivity index (χ4v) is 2.96. The number of aliphatic hydroxyl groups is 1. The van der Waals surface area contributed by atoms with E-state index in [1.54, 1.807) is 13.2 Å². The molecular formula is C18H22N2O3. The molecule has 5 nitrogen and oxygen atoms in total.